The number of nitrogens with one attached hydrogen (secondary N) is 1. The third-order valence-electron chi connectivity index (χ3n) is 5.65. The number of ether oxygens (including phenoxy) is 1. The molecule has 0 spiro atoms. The SMILES string of the molecule is CC(=O)N1CC[C@H](c2nccnc2Oc2ccc(C(=O)c3nc4ccccc4[nH]3)cc2)C1. The summed E-state index contributed by atoms with van der Waals surface area (Å²) in [7, 11) is 0. The van der Waals surface area contributed by atoms with Crippen molar-refractivity contribution in [3.63, 3.8) is 0 Å². The van der Waals surface area contributed by atoms with Gasteiger partial charge in [0.1, 0.15) is 11.4 Å². The Bertz CT molecular complexity index is 1270. The van der Waals surface area contributed by atoms with Gasteiger partial charge in [0.05, 0.1) is 11.0 Å². The number of amides is 1. The summed E-state index contributed by atoms with van der Waals surface area (Å²) in [5, 5.41) is 0. The number of fused-ring (bicyclic) bond motifs is 1. The van der Waals surface area contributed by atoms with Crippen molar-refractivity contribution in [1.82, 2.24) is 24.8 Å². The van der Waals surface area contributed by atoms with Crippen LogP contribution in [-0.2, 0) is 4.79 Å². The highest BCUT2D eigenvalue weighted by Gasteiger charge is 2.29. The summed E-state index contributed by atoms with van der Waals surface area (Å²) in [5.41, 5.74) is 2.81. The Morgan fingerprint density at radius 3 is 2.59 bits per heavy atom. The van der Waals surface area contributed by atoms with Crippen LogP contribution in [0.2, 0.25) is 0 Å². The minimum Gasteiger partial charge on any atom is -0.437 e. The molecule has 0 aliphatic carbocycles. The summed E-state index contributed by atoms with van der Waals surface area (Å²) in [6, 6.07) is 14.4. The molecule has 1 fully saturated rings. The molecule has 32 heavy (non-hydrogen) atoms. The van der Waals surface area contributed by atoms with Crippen molar-refractivity contribution in [3.8, 4) is 11.6 Å². The molecule has 2 aromatic carbocycles. The van der Waals surface area contributed by atoms with Gasteiger partial charge in [-0.1, -0.05) is 12.1 Å². The maximum Gasteiger partial charge on any atom is 0.241 e. The molecule has 1 saturated heterocycles. The Hall–Kier alpha value is -4.07. The number of carbonyl (C=O) groups excluding carboxylic acids is 2. The molecule has 8 heteroatoms. The molecule has 1 atom stereocenters. The van der Waals surface area contributed by atoms with Crippen molar-refractivity contribution < 1.29 is 14.3 Å². The van der Waals surface area contributed by atoms with Gasteiger partial charge in [0.2, 0.25) is 17.6 Å². The molecule has 0 unspecified atom stereocenters. The van der Waals surface area contributed by atoms with E-state index in [1.54, 1.807) is 43.6 Å². The number of para-hydroxylation sites is 2. The number of rotatable bonds is 5. The molecule has 0 saturated carbocycles. The molecule has 8 nitrogen and oxygen atoms in total. The maximum atomic E-state index is 12.8. The number of hydrogen-bond acceptors (Lipinski definition) is 6. The largest absolute Gasteiger partial charge is 0.437 e. The predicted octanol–water partition coefficient (Wildman–Crippen LogP) is 3.71. The second kappa shape index (κ2) is 8.22. The molecule has 4 aromatic rings. The van der Waals surface area contributed by atoms with Crippen LogP contribution >= 0.6 is 0 Å². The van der Waals surface area contributed by atoms with Crippen molar-refractivity contribution in [2.24, 2.45) is 0 Å². The van der Waals surface area contributed by atoms with Crippen LogP contribution in [0.15, 0.2) is 60.9 Å². The number of ketones is 1. The van der Waals surface area contributed by atoms with E-state index in [-0.39, 0.29) is 17.6 Å². The number of aromatic amines is 1. The summed E-state index contributed by atoms with van der Waals surface area (Å²) in [4.78, 5) is 42.5. The number of imidazole rings is 1. The number of aromatic nitrogens is 4. The summed E-state index contributed by atoms with van der Waals surface area (Å²) in [6.07, 6.45) is 4.03. The summed E-state index contributed by atoms with van der Waals surface area (Å²) >= 11 is 0. The third-order valence-corrected chi connectivity index (χ3v) is 5.65. The molecule has 160 valence electrons. The molecular weight excluding hydrogens is 406 g/mol. The van der Waals surface area contributed by atoms with Gasteiger partial charge in [-0.15, -0.1) is 0 Å². The van der Waals surface area contributed by atoms with E-state index in [9.17, 15) is 9.59 Å². The molecule has 0 radical (unpaired) electrons. The van der Waals surface area contributed by atoms with E-state index in [2.05, 4.69) is 19.9 Å². The Morgan fingerprint density at radius 1 is 1.06 bits per heavy atom. The molecule has 1 amide bonds. The van der Waals surface area contributed by atoms with Gasteiger partial charge in [-0.05, 0) is 42.8 Å². The van der Waals surface area contributed by atoms with Crippen LogP contribution < -0.4 is 4.74 Å². The lowest BCUT2D eigenvalue weighted by molar-refractivity contribution is -0.127. The number of hydrogen-bond donors (Lipinski definition) is 1. The van der Waals surface area contributed by atoms with Gasteiger partial charge in [-0.2, -0.15) is 0 Å². The lowest BCUT2D eigenvalue weighted by atomic mass is 10.1. The molecule has 0 bridgehead atoms. The van der Waals surface area contributed by atoms with Gasteiger partial charge in [-0.3, -0.25) is 14.6 Å². The van der Waals surface area contributed by atoms with Gasteiger partial charge < -0.3 is 14.6 Å². The number of nitrogens with zero attached hydrogens (tertiary/aromatic N) is 4. The van der Waals surface area contributed by atoms with Crippen LogP contribution in [0, 0.1) is 0 Å². The first-order valence-corrected chi connectivity index (χ1v) is 10.4. The van der Waals surface area contributed by atoms with Crippen LogP contribution in [0.5, 0.6) is 11.6 Å². The lowest BCUT2D eigenvalue weighted by Gasteiger charge is -2.15. The Kier molecular flexibility index (Phi) is 5.10. The van der Waals surface area contributed by atoms with Gasteiger partial charge in [0, 0.05) is 43.9 Å². The van der Waals surface area contributed by atoms with Gasteiger partial charge in [0.25, 0.3) is 0 Å². The van der Waals surface area contributed by atoms with Crippen LogP contribution in [0.4, 0.5) is 0 Å². The third kappa shape index (κ3) is 3.82. The fraction of sp³-hybridized carbons (Fsp3) is 0.208. The van der Waals surface area contributed by atoms with Crippen molar-refractivity contribution in [1.29, 1.82) is 0 Å². The zero-order valence-electron chi connectivity index (χ0n) is 17.5. The maximum absolute atomic E-state index is 12.8. The van der Waals surface area contributed by atoms with E-state index in [0.717, 1.165) is 23.1 Å². The molecule has 1 aliphatic rings. The molecule has 1 aliphatic heterocycles. The van der Waals surface area contributed by atoms with Crippen molar-refractivity contribution in [2.45, 2.75) is 19.3 Å². The monoisotopic (exact) mass is 427 g/mol. The standard InChI is InChI=1S/C24H21N5O3/c1-15(30)29-13-10-17(14-29)21-24(26-12-11-25-21)32-18-8-6-16(7-9-18)22(31)23-27-19-4-2-3-5-20(19)28-23/h2-9,11-12,17H,10,13-14H2,1H3,(H,27,28)/t17-/m0/s1. The van der Waals surface area contributed by atoms with Crippen LogP contribution in [-0.4, -0.2) is 49.6 Å². The average molecular weight is 427 g/mol. The smallest absolute Gasteiger partial charge is 0.241 e. The Labute approximate surface area is 184 Å². The zero-order chi connectivity index (χ0) is 22.1. The fourth-order valence-corrected chi connectivity index (χ4v) is 3.95. The predicted molar refractivity (Wildman–Crippen MR) is 118 cm³/mol. The first-order chi connectivity index (χ1) is 15.6. The molecule has 5 rings (SSSR count). The van der Waals surface area contributed by atoms with E-state index in [4.69, 9.17) is 4.74 Å². The number of carbonyl (C=O) groups is 2. The van der Waals surface area contributed by atoms with Gasteiger partial charge in [0.15, 0.2) is 5.82 Å². The molecular formula is C24H21N5O3. The second-order valence-corrected chi connectivity index (χ2v) is 7.76. The highest BCUT2D eigenvalue weighted by Crippen LogP contribution is 2.33. The highest BCUT2D eigenvalue weighted by molar-refractivity contribution is 6.08. The summed E-state index contributed by atoms with van der Waals surface area (Å²) in [5.74, 6) is 1.21. The number of likely N-dealkylation sites (tertiary alicyclic amines) is 1. The topological polar surface area (TPSA) is 101 Å². The second-order valence-electron chi connectivity index (χ2n) is 7.76. The quantitative estimate of drug-likeness (QED) is 0.487. The van der Waals surface area contributed by atoms with E-state index < -0.39 is 0 Å². The molecule has 3 heterocycles. The molecule has 2 aromatic heterocycles. The van der Waals surface area contributed by atoms with Crippen LogP contribution in [0.3, 0.4) is 0 Å². The zero-order valence-corrected chi connectivity index (χ0v) is 17.5. The van der Waals surface area contributed by atoms with E-state index in [1.807, 2.05) is 29.2 Å². The summed E-state index contributed by atoms with van der Waals surface area (Å²) < 4.78 is 5.99. The van der Waals surface area contributed by atoms with Crippen LogP contribution in [0.1, 0.15) is 41.1 Å². The summed E-state index contributed by atoms with van der Waals surface area (Å²) in [6.45, 7) is 2.88. The van der Waals surface area contributed by atoms with Gasteiger partial charge >= 0.3 is 0 Å². The Balaban J connectivity index is 1.33. The van der Waals surface area contributed by atoms with E-state index in [0.29, 0.717) is 36.1 Å². The number of H-pyrrole nitrogens is 1. The van der Waals surface area contributed by atoms with E-state index >= 15 is 0 Å². The minimum absolute atomic E-state index is 0.0589. The normalized spacial score (nSPS) is 15.8. The number of benzene rings is 2. The van der Waals surface area contributed by atoms with Crippen LogP contribution in [0.25, 0.3) is 11.0 Å². The van der Waals surface area contributed by atoms with Gasteiger partial charge in [-0.25, -0.2) is 9.97 Å². The first kappa shape index (κ1) is 19.9. The fourth-order valence-electron chi connectivity index (χ4n) is 3.95. The van der Waals surface area contributed by atoms with E-state index in [1.165, 1.54) is 0 Å². The first-order valence-electron chi connectivity index (χ1n) is 10.4. The Morgan fingerprint density at radius 2 is 1.84 bits per heavy atom. The van der Waals surface area contributed by atoms with Crippen molar-refractivity contribution in [2.75, 3.05) is 13.1 Å². The molecule has 1 N–H and O–H groups in total. The average Bonchev–Trinajstić information content (AvgIpc) is 3.47. The lowest BCUT2D eigenvalue weighted by Crippen LogP contribution is -2.25. The van der Waals surface area contributed by atoms with Crippen molar-refractivity contribution >= 4 is 22.7 Å². The van der Waals surface area contributed by atoms with Crippen molar-refractivity contribution in [3.05, 3.63) is 78.0 Å². The minimum atomic E-state index is -0.191. The highest BCUT2D eigenvalue weighted by atomic mass is 16.5.